The number of hydrogen-bond donors (Lipinski definition) is 1. The molecular weight excluding hydrogens is 356 g/mol. The molecule has 21 heavy (non-hydrogen) atoms. The van der Waals surface area contributed by atoms with Gasteiger partial charge in [0.2, 0.25) is 0 Å². The summed E-state index contributed by atoms with van der Waals surface area (Å²) >= 11 is 9.83. The Hall–Kier alpha value is -0.850. The number of nitrogens with zero attached hydrogens (tertiary/aromatic N) is 4. The summed E-state index contributed by atoms with van der Waals surface area (Å²) in [6.07, 6.45) is 0.603. The van der Waals surface area contributed by atoms with Crippen LogP contribution >= 0.6 is 27.5 Å². The lowest BCUT2D eigenvalue weighted by atomic mass is 10.1. The van der Waals surface area contributed by atoms with Gasteiger partial charge in [0, 0.05) is 25.6 Å². The van der Waals surface area contributed by atoms with Gasteiger partial charge in [-0.15, -0.1) is 0 Å². The molecule has 0 aromatic carbocycles. The summed E-state index contributed by atoms with van der Waals surface area (Å²) in [7, 11) is 1.77. The maximum Gasteiger partial charge on any atom is 0.132 e. The largest absolute Gasteiger partial charge is 0.388 e. The Morgan fingerprint density at radius 1 is 1.33 bits per heavy atom. The molecule has 0 saturated heterocycles. The van der Waals surface area contributed by atoms with Crippen molar-refractivity contribution in [3.63, 3.8) is 0 Å². The van der Waals surface area contributed by atoms with Crippen molar-refractivity contribution in [1.82, 2.24) is 19.6 Å². The van der Waals surface area contributed by atoms with E-state index in [2.05, 4.69) is 33.1 Å². The van der Waals surface area contributed by atoms with Gasteiger partial charge in [0.25, 0.3) is 0 Å². The van der Waals surface area contributed by atoms with Crippen molar-refractivity contribution in [2.24, 2.45) is 7.05 Å². The highest BCUT2D eigenvalue weighted by Crippen LogP contribution is 2.31. The van der Waals surface area contributed by atoms with Crippen LogP contribution in [0.25, 0.3) is 0 Å². The summed E-state index contributed by atoms with van der Waals surface area (Å²) < 4.78 is 4.48. The number of aliphatic hydroxyl groups excluding tert-OH is 1. The molecule has 1 unspecified atom stereocenters. The Morgan fingerprint density at radius 3 is 2.48 bits per heavy atom. The molecule has 5 nitrogen and oxygen atoms in total. The molecular formula is C14H20BrClN4O. The highest BCUT2D eigenvalue weighted by molar-refractivity contribution is 9.10. The van der Waals surface area contributed by atoms with Crippen molar-refractivity contribution < 1.29 is 5.11 Å². The summed E-state index contributed by atoms with van der Waals surface area (Å²) in [6, 6.07) is 0. The first-order chi connectivity index (χ1) is 9.90. The third-order valence-electron chi connectivity index (χ3n) is 3.61. The number of halogens is 2. The molecule has 2 heterocycles. The second-order valence-electron chi connectivity index (χ2n) is 5.01. The lowest BCUT2D eigenvalue weighted by Crippen LogP contribution is -2.09. The second-order valence-corrected chi connectivity index (χ2v) is 6.16. The highest BCUT2D eigenvalue weighted by Gasteiger charge is 2.23. The smallest absolute Gasteiger partial charge is 0.132 e. The third-order valence-corrected chi connectivity index (χ3v) is 4.97. The molecule has 0 fully saturated rings. The normalized spacial score (nSPS) is 12.9. The van der Waals surface area contributed by atoms with E-state index in [9.17, 15) is 5.11 Å². The first kappa shape index (κ1) is 16.5. The molecule has 0 saturated carbocycles. The number of hydrogen-bond acceptors (Lipinski definition) is 3. The highest BCUT2D eigenvalue weighted by atomic mass is 79.9. The van der Waals surface area contributed by atoms with Crippen LogP contribution in [-0.4, -0.2) is 24.7 Å². The summed E-state index contributed by atoms with van der Waals surface area (Å²) in [6.45, 7) is 6.72. The zero-order valence-electron chi connectivity index (χ0n) is 12.7. The average Bonchev–Trinajstić information content (AvgIpc) is 2.88. The van der Waals surface area contributed by atoms with Crippen LogP contribution in [0.1, 0.15) is 42.6 Å². The van der Waals surface area contributed by atoms with Crippen LogP contribution in [0, 0.1) is 6.92 Å². The molecule has 7 heteroatoms. The lowest BCUT2D eigenvalue weighted by molar-refractivity contribution is 0.174. The maximum atomic E-state index is 10.6. The van der Waals surface area contributed by atoms with Crippen LogP contribution in [0.5, 0.6) is 0 Å². The van der Waals surface area contributed by atoms with E-state index in [0.29, 0.717) is 17.1 Å². The molecule has 0 amide bonds. The van der Waals surface area contributed by atoms with Gasteiger partial charge in [0.15, 0.2) is 0 Å². The molecule has 116 valence electrons. The average molecular weight is 376 g/mol. The predicted octanol–water partition coefficient (Wildman–Crippen LogP) is 3.20. The lowest BCUT2D eigenvalue weighted by Gasteiger charge is -2.12. The fourth-order valence-electron chi connectivity index (χ4n) is 2.52. The van der Waals surface area contributed by atoms with Crippen LogP contribution in [0.15, 0.2) is 4.47 Å². The van der Waals surface area contributed by atoms with E-state index in [1.54, 1.807) is 11.7 Å². The topological polar surface area (TPSA) is 55.9 Å². The predicted molar refractivity (Wildman–Crippen MR) is 86.6 cm³/mol. The summed E-state index contributed by atoms with van der Waals surface area (Å²) in [5, 5.41) is 19.9. The molecule has 0 bridgehead atoms. The standard InChI is InChI=1S/C14H20BrClN4O/c1-5-9-13(15)10(20(6-2)18-9)7-11(21)12-8(3)17-19(4)14(12)16/h11,21H,5-7H2,1-4H3. The van der Waals surface area contributed by atoms with E-state index >= 15 is 0 Å². The quantitative estimate of drug-likeness (QED) is 0.873. The van der Waals surface area contributed by atoms with Gasteiger partial charge in [0.05, 0.1) is 27.7 Å². The van der Waals surface area contributed by atoms with E-state index in [-0.39, 0.29) is 0 Å². The third kappa shape index (κ3) is 3.03. The summed E-state index contributed by atoms with van der Waals surface area (Å²) in [5.74, 6) is 0. The van der Waals surface area contributed by atoms with Gasteiger partial charge in [-0.05, 0) is 36.2 Å². The number of rotatable bonds is 5. The van der Waals surface area contributed by atoms with Crippen molar-refractivity contribution in [2.75, 3.05) is 0 Å². The van der Waals surface area contributed by atoms with Crippen LogP contribution in [0.2, 0.25) is 5.15 Å². The minimum Gasteiger partial charge on any atom is -0.388 e. The first-order valence-corrected chi connectivity index (χ1v) is 8.18. The van der Waals surface area contributed by atoms with Gasteiger partial charge in [-0.3, -0.25) is 9.36 Å². The van der Waals surface area contributed by atoms with Crippen molar-refractivity contribution in [1.29, 1.82) is 0 Å². The Labute approximate surface area is 138 Å². The van der Waals surface area contributed by atoms with E-state index < -0.39 is 6.10 Å². The van der Waals surface area contributed by atoms with Crippen molar-refractivity contribution in [3.05, 3.63) is 32.3 Å². The van der Waals surface area contributed by atoms with Crippen LogP contribution in [0.4, 0.5) is 0 Å². The minimum absolute atomic E-state index is 0.452. The fourth-order valence-corrected chi connectivity index (χ4v) is 3.55. The summed E-state index contributed by atoms with van der Waals surface area (Å²) in [5.41, 5.74) is 3.44. The molecule has 0 aliphatic rings. The SMILES string of the molecule is CCc1nn(CC)c(CC(O)c2c(C)nn(C)c2Cl)c1Br. The molecule has 1 atom stereocenters. The Morgan fingerprint density at radius 2 is 2.00 bits per heavy atom. The fraction of sp³-hybridized carbons (Fsp3) is 0.571. The molecule has 2 aromatic heterocycles. The van der Waals surface area contributed by atoms with Gasteiger partial charge in [-0.2, -0.15) is 10.2 Å². The Kier molecular flexibility index (Phi) is 5.11. The minimum atomic E-state index is -0.700. The number of aryl methyl sites for hydroxylation is 4. The molecule has 0 radical (unpaired) electrons. The van der Waals surface area contributed by atoms with Gasteiger partial charge in [-0.25, -0.2) is 0 Å². The van der Waals surface area contributed by atoms with Crippen molar-refractivity contribution in [2.45, 2.75) is 46.3 Å². The second kappa shape index (κ2) is 6.50. The zero-order chi connectivity index (χ0) is 15.7. The molecule has 1 N–H and O–H groups in total. The molecule has 2 aromatic rings. The molecule has 2 rings (SSSR count). The maximum absolute atomic E-state index is 10.6. The van der Waals surface area contributed by atoms with Gasteiger partial charge >= 0.3 is 0 Å². The van der Waals surface area contributed by atoms with Gasteiger partial charge in [0.1, 0.15) is 5.15 Å². The number of aliphatic hydroxyl groups is 1. The monoisotopic (exact) mass is 374 g/mol. The summed E-state index contributed by atoms with van der Waals surface area (Å²) in [4.78, 5) is 0. The Balaban J connectivity index is 2.35. The van der Waals surface area contributed by atoms with Crippen LogP contribution < -0.4 is 0 Å². The van der Waals surface area contributed by atoms with E-state index in [1.165, 1.54) is 0 Å². The Bertz CT molecular complexity index is 650. The molecule has 0 aliphatic heterocycles. The van der Waals surface area contributed by atoms with E-state index in [1.807, 2.05) is 18.5 Å². The zero-order valence-corrected chi connectivity index (χ0v) is 15.0. The van der Waals surface area contributed by atoms with E-state index in [0.717, 1.165) is 34.5 Å². The van der Waals surface area contributed by atoms with E-state index in [4.69, 9.17) is 11.6 Å². The van der Waals surface area contributed by atoms with Crippen molar-refractivity contribution >= 4 is 27.5 Å². The van der Waals surface area contributed by atoms with Crippen molar-refractivity contribution in [3.8, 4) is 0 Å². The van der Waals surface area contributed by atoms with Gasteiger partial charge < -0.3 is 5.11 Å². The van der Waals surface area contributed by atoms with Crippen LogP contribution in [-0.2, 0) is 26.4 Å². The van der Waals surface area contributed by atoms with Gasteiger partial charge in [-0.1, -0.05) is 18.5 Å². The molecule has 0 spiro atoms. The van der Waals surface area contributed by atoms with Crippen LogP contribution in [0.3, 0.4) is 0 Å². The number of aromatic nitrogens is 4. The molecule has 0 aliphatic carbocycles. The first-order valence-electron chi connectivity index (χ1n) is 7.01.